The van der Waals surface area contributed by atoms with Gasteiger partial charge in [-0.1, -0.05) is 12.1 Å². The van der Waals surface area contributed by atoms with Gasteiger partial charge in [0.25, 0.3) is 0 Å². The predicted molar refractivity (Wildman–Crippen MR) is 82.2 cm³/mol. The molecule has 112 valence electrons. The van der Waals surface area contributed by atoms with E-state index in [0.29, 0.717) is 5.69 Å². The van der Waals surface area contributed by atoms with Crippen molar-refractivity contribution in [2.75, 3.05) is 5.32 Å². The summed E-state index contributed by atoms with van der Waals surface area (Å²) in [6.45, 7) is 7.41. The lowest BCUT2D eigenvalue weighted by Crippen LogP contribution is -2.32. The molecule has 1 aromatic rings. The third kappa shape index (κ3) is 3.36. The van der Waals surface area contributed by atoms with Crippen LogP contribution in [0.5, 0.6) is 0 Å². The molecule has 1 amide bonds. The number of amides is 1. The minimum absolute atomic E-state index is 0.377. The normalized spacial score (nSPS) is 16.5. The fourth-order valence-electron chi connectivity index (χ4n) is 2.46. The maximum atomic E-state index is 11.9. The van der Waals surface area contributed by atoms with Gasteiger partial charge in [-0.05, 0) is 64.2 Å². The Kier molecular flexibility index (Phi) is 3.95. The van der Waals surface area contributed by atoms with E-state index in [1.165, 1.54) is 0 Å². The first-order chi connectivity index (χ1) is 9.76. The molecular weight excluding hydrogens is 264 g/mol. The molecule has 1 fully saturated rings. The zero-order chi connectivity index (χ0) is 15.7. The summed E-state index contributed by atoms with van der Waals surface area (Å²) in [4.78, 5) is 11.9. The van der Waals surface area contributed by atoms with Crippen molar-refractivity contribution < 1.29 is 9.53 Å². The molecule has 0 saturated heterocycles. The Labute approximate surface area is 126 Å². The second-order valence-electron chi connectivity index (χ2n) is 6.70. The first kappa shape index (κ1) is 15.4. The van der Waals surface area contributed by atoms with Gasteiger partial charge in [0, 0.05) is 5.69 Å². The van der Waals surface area contributed by atoms with Crippen LogP contribution in [0.25, 0.3) is 0 Å². The Hall–Kier alpha value is -2.02. The van der Waals surface area contributed by atoms with E-state index in [0.717, 1.165) is 30.4 Å². The number of rotatable bonds is 2. The van der Waals surface area contributed by atoms with Crippen molar-refractivity contribution in [1.29, 1.82) is 5.26 Å². The molecule has 0 bridgehead atoms. The number of nitrogens with zero attached hydrogens (tertiary/aromatic N) is 1. The summed E-state index contributed by atoms with van der Waals surface area (Å²) < 4.78 is 5.27. The average molecular weight is 286 g/mol. The van der Waals surface area contributed by atoms with Gasteiger partial charge in [-0.2, -0.15) is 5.26 Å². The SMILES string of the molecule is Cc1ccc(C2(C#N)CCC2)cc1NC(=O)OC(C)(C)C. The number of nitriles is 1. The minimum atomic E-state index is -0.530. The summed E-state index contributed by atoms with van der Waals surface area (Å²) in [6, 6.07) is 8.26. The summed E-state index contributed by atoms with van der Waals surface area (Å²) >= 11 is 0. The largest absolute Gasteiger partial charge is 0.444 e. The van der Waals surface area contributed by atoms with Crippen LogP contribution in [-0.4, -0.2) is 11.7 Å². The number of benzene rings is 1. The Morgan fingerprint density at radius 1 is 1.38 bits per heavy atom. The summed E-state index contributed by atoms with van der Waals surface area (Å²) in [5.41, 5.74) is 1.74. The smallest absolute Gasteiger partial charge is 0.412 e. The molecule has 1 saturated carbocycles. The van der Waals surface area contributed by atoms with Crippen LogP contribution < -0.4 is 5.32 Å². The fourth-order valence-corrected chi connectivity index (χ4v) is 2.46. The molecule has 2 rings (SSSR count). The van der Waals surface area contributed by atoms with Crippen LogP contribution in [0, 0.1) is 18.3 Å². The minimum Gasteiger partial charge on any atom is -0.444 e. The lowest BCUT2D eigenvalue weighted by Gasteiger charge is -2.36. The fraction of sp³-hybridized carbons (Fsp3) is 0.529. The number of hydrogen-bond donors (Lipinski definition) is 1. The van der Waals surface area contributed by atoms with E-state index in [1.807, 2.05) is 45.9 Å². The Balaban J connectivity index is 2.21. The third-order valence-corrected chi connectivity index (χ3v) is 3.85. The van der Waals surface area contributed by atoms with Gasteiger partial charge in [-0.15, -0.1) is 0 Å². The monoisotopic (exact) mass is 286 g/mol. The van der Waals surface area contributed by atoms with Gasteiger partial charge < -0.3 is 4.74 Å². The molecule has 1 aliphatic rings. The second-order valence-corrected chi connectivity index (χ2v) is 6.70. The zero-order valence-electron chi connectivity index (χ0n) is 13.1. The number of nitrogens with one attached hydrogen (secondary N) is 1. The van der Waals surface area contributed by atoms with Crippen LogP contribution in [0.4, 0.5) is 10.5 Å². The van der Waals surface area contributed by atoms with Gasteiger partial charge in [0.2, 0.25) is 0 Å². The molecular formula is C17H22N2O2. The predicted octanol–water partition coefficient (Wildman–Crippen LogP) is 4.29. The topological polar surface area (TPSA) is 62.1 Å². The van der Waals surface area contributed by atoms with Crippen LogP contribution >= 0.6 is 0 Å². The van der Waals surface area contributed by atoms with Crippen LogP contribution in [0.3, 0.4) is 0 Å². The van der Waals surface area contributed by atoms with Gasteiger partial charge in [-0.3, -0.25) is 5.32 Å². The van der Waals surface area contributed by atoms with Crippen LogP contribution in [0.1, 0.15) is 51.2 Å². The van der Waals surface area contributed by atoms with Gasteiger partial charge in [0.1, 0.15) is 5.60 Å². The molecule has 0 radical (unpaired) electrons. The number of hydrogen-bond acceptors (Lipinski definition) is 3. The highest BCUT2D eigenvalue weighted by Crippen LogP contribution is 2.44. The van der Waals surface area contributed by atoms with Crippen LogP contribution in [-0.2, 0) is 10.2 Å². The van der Waals surface area contributed by atoms with E-state index in [4.69, 9.17) is 4.74 Å². The van der Waals surface area contributed by atoms with E-state index in [2.05, 4.69) is 11.4 Å². The van der Waals surface area contributed by atoms with Crippen molar-refractivity contribution in [2.45, 2.75) is 58.0 Å². The van der Waals surface area contributed by atoms with E-state index in [9.17, 15) is 10.1 Å². The number of carbonyl (C=O) groups is 1. The average Bonchev–Trinajstić information content (AvgIpc) is 2.30. The van der Waals surface area contributed by atoms with Gasteiger partial charge in [0.15, 0.2) is 0 Å². The third-order valence-electron chi connectivity index (χ3n) is 3.85. The lowest BCUT2D eigenvalue weighted by atomic mass is 9.65. The molecule has 21 heavy (non-hydrogen) atoms. The Bertz CT molecular complexity index is 590. The summed E-state index contributed by atoms with van der Waals surface area (Å²) in [5, 5.41) is 12.2. The maximum Gasteiger partial charge on any atom is 0.412 e. The highest BCUT2D eigenvalue weighted by atomic mass is 16.6. The van der Waals surface area contributed by atoms with Crippen molar-refractivity contribution in [3.63, 3.8) is 0 Å². The Morgan fingerprint density at radius 3 is 2.52 bits per heavy atom. The highest BCUT2D eigenvalue weighted by Gasteiger charge is 2.39. The molecule has 1 N–H and O–H groups in total. The van der Waals surface area contributed by atoms with Crippen molar-refractivity contribution >= 4 is 11.8 Å². The highest BCUT2D eigenvalue weighted by molar-refractivity contribution is 5.86. The first-order valence-corrected chi connectivity index (χ1v) is 7.28. The lowest BCUT2D eigenvalue weighted by molar-refractivity contribution is 0.0636. The molecule has 0 aliphatic heterocycles. The second kappa shape index (κ2) is 5.40. The molecule has 0 heterocycles. The molecule has 4 heteroatoms. The van der Waals surface area contributed by atoms with Gasteiger partial charge in [0.05, 0.1) is 11.5 Å². The molecule has 4 nitrogen and oxygen atoms in total. The van der Waals surface area contributed by atoms with E-state index >= 15 is 0 Å². The molecule has 0 aromatic heterocycles. The first-order valence-electron chi connectivity index (χ1n) is 7.28. The summed E-state index contributed by atoms with van der Waals surface area (Å²) in [5.74, 6) is 0. The van der Waals surface area contributed by atoms with Gasteiger partial charge >= 0.3 is 6.09 Å². The molecule has 1 aromatic carbocycles. The standard InChI is InChI=1S/C17H22N2O2/c1-12-6-7-13(17(11-18)8-5-9-17)10-14(12)19-15(20)21-16(2,3)4/h6-7,10H,5,8-9H2,1-4H3,(H,19,20). The van der Waals surface area contributed by atoms with Crippen molar-refractivity contribution in [3.05, 3.63) is 29.3 Å². The number of aryl methyl sites for hydroxylation is 1. The van der Waals surface area contributed by atoms with Gasteiger partial charge in [-0.25, -0.2) is 4.79 Å². The van der Waals surface area contributed by atoms with E-state index < -0.39 is 11.7 Å². The number of carbonyl (C=O) groups excluding carboxylic acids is 1. The van der Waals surface area contributed by atoms with Crippen molar-refractivity contribution in [2.24, 2.45) is 0 Å². The van der Waals surface area contributed by atoms with E-state index in [-0.39, 0.29) is 5.41 Å². The number of ether oxygens (including phenoxy) is 1. The zero-order valence-corrected chi connectivity index (χ0v) is 13.1. The molecule has 0 unspecified atom stereocenters. The summed E-state index contributed by atoms with van der Waals surface area (Å²) in [6.07, 6.45) is 2.38. The van der Waals surface area contributed by atoms with Crippen molar-refractivity contribution in [1.82, 2.24) is 0 Å². The quantitative estimate of drug-likeness (QED) is 0.882. The van der Waals surface area contributed by atoms with E-state index in [1.54, 1.807) is 0 Å². The molecule has 0 spiro atoms. The maximum absolute atomic E-state index is 11.9. The molecule has 0 atom stereocenters. The summed E-state index contributed by atoms with van der Waals surface area (Å²) in [7, 11) is 0. The van der Waals surface area contributed by atoms with Crippen LogP contribution in [0.2, 0.25) is 0 Å². The van der Waals surface area contributed by atoms with Crippen LogP contribution in [0.15, 0.2) is 18.2 Å². The number of anilines is 1. The molecule has 1 aliphatic carbocycles. The Morgan fingerprint density at radius 2 is 2.05 bits per heavy atom. The van der Waals surface area contributed by atoms with Crippen molar-refractivity contribution in [3.8, 4) is 6.07 Å².